The predicted molar refractivity (Wildman–Crippen MR) is 119 cm³/mol. The lowest BCUT2D eigenvalue weighted by Crippen LogP contribution is -2.44. The fourth-order valence-corrected chi connectivity index (χ4v) is 5.12. The van der Waals surface area contributed by atoms with Crippen LogP contribution in [0.4, 0.5) is 4.79 Å². The van der Waals surface area contributed by atoms with Gasteiger partial charge in [0.15, 0.2) is 6.04 Å². The SMILES string of the molecule is O=C1NCC2c3c(nn(-c4ccc(C5CC5)cc4)c3CCN2C(=O)O)C1n1ccccc1=O. The van der Waals surface area contributed by atoms with Crippen LogP contribution >= 0.6 is 0 Å². The minimum absolute atomic E-state index is 0.134. The van der Waals surface area contributed by atoms with E-state index in [1.807, 2.05) is 16.8 Å². The van der Waals surface area contributed by atoms with Crippen molar-refractivity contribution in [2.75, 3.05) is 13.1 Å². The Kier molecular flexibility index (Phi) is 4.39. The highest BCUT2D eigenvalue weighted by atomic mass is 16.4. The Labute approximate surface area is 189 Å². The maximum atomic E-state index is 13.2. The number of rotatable bonds is 3. The van der Waals surface area contributed by atoms with Crippen LogP contribution in [0.15, 0.2) is 53.5 Å². The van der Waals surface area contributed by atoms with Crippen LogP contribution in [0.5, 0.6) is 0 Å². The van der Waals surface area contributed by atoms with Crippen molar-refractivity contribution in [3.8, 4) is 5.69 Å². The molecule has 1 aliphatic carbocycles. The van der Waals surface area contributed by atoms with Crippen molar-refractivity contribution < 1.29 is 14.7 Å². The van der Waals surface area contributed by atoms with Crippen LogP contribution in [0.2, 0.25) is 0 Å². The Hall–Kier alpha value is -3.88. The molecule has 0 bridgehead atoms. The summed E-state index contributed by atoms with van der Waals surface area (Å²) in [6.45, 7) is 0.444. The number of aromatic nitrogens is 3. The van der Waals surface area contributed by atoms with Gasteiger partial charge in [0.2, 0.25) is 5.91 Å². The summed E-state index contributed by atoms with van der Waals surface area (Å²) in [7, 11) is 0. The van der Waals surface area contributed by atoms with Crippen LogP contribution in [0.3, 0.4) is 0 Å². The summed E-state index contributed by atoms with van der Waals surface area (Å²) in [4.78, 5) is 39.2. The fourth-order valence-electron chi connectivity index (χ4n) is 5.12. The highest BCUT2D eigenvalue weighted by Gasteiger charge is 2.43. The number of benzene rings is 1. The Balaban J connectivity index is 1.55. The Morgan fingerprint density at radius 2 is 1.88 bits per heavy atom. The van der Waals surface area contributed by atoms with Crippen molar-refractivity contribution in [2.45, 2.75) is 37.3 Å². The number of carbonyl (C=O) groups excluding carboxylic acids is 1. The second-order valence-electron chi connectivity index (χ2n) is 8.86. The number of carbonyl (C=O) groups is 2. The summed E-state index contributed by atoms with van der Waals surface area (Å²) < 4.78 is 3.19. The van der Waals surface area contributed by atoms with Gasteiger partial charge in [0.25, 0.3) is 5.56 Å². The number of amides is 2. The molecule has 2 atom stereocenters. The van der Waals surface area contributed by atoms with E-state index in [9.17, 15) is 19.5 Å². The molecule has 1 fully saturated rings. The molecule has 4 heterocycles. The highest BCUT2D eigenvalue weighted by molar-refractivity contribution is 5.85. The van der Waals surface area contributed by atoms with Gasteiger partial charge in [-0.3, -0.25) is 19.1 Å². The first-order chi connectivity index (χ1) is 16.0. The molecule has 9 heteroatoms. The average Bonchev–Trinajstić information content (AvgIpc) is 3.61. The molecule has 6 rings (SSSR count). The number of nitrogens with one attached hydrogen (secondary N) is 1. The molecular formula is C24H23N5O4. The molecule has 0 saturated heterocycles. The fraction of sp³-hybridized carbons (Fsp3) is 0.333. The molecule has 3 aliphatic rings. The zero-order valence-electron chi connectivity index (χ0n) is 17.8. The van der Waals surface area contributed by atoms with E-state index in [1.165, 1.54) is 33.9 Å². The molecule has 2 unspecified atom stereocenters. The van der Waals surface area contributed by atoms with Crippen molar-refractivity contribution in [3.63, 3.8) is 0 Å². The quantitative estimate of drug-likeness (QED) is 0.642. The van der Waals surface area contributed by atoms with Crippen molar-refractivity contribution in [1.82, 2.24) is 24.6 Å². The van der Waals surface area contributed by atoms with E-state index in [1.54, 1.807) is 18.3 Å². The summed E-state index contributed by atoms with van der Waals surface area (Å²) in [5, 5.41) is 17.5. The first kappa shape index (κ1) is 19.8. The third-order valence-corrected chi connectivity index (χ3v) is 6.89. The lowest BCUT2D eigenvalue weighted by atomic mass is 9.94. The molecular weight excluding hydrogens is 422 g/mol. The van der Waals surface area contributed by atoms with Crippen LogP contribution in [0.25, 0.3) is 5.69 Å². The molecule has 1 aromatic carbocycles. The third kappa shape index (κ3) is 3.14. The first-order valence-electron chi connectivity index (χ1n) is 11.2. The van der Waals surface area contributed by atoms with Gasteiger partial charge in [-0.1, -0.05) is 18.2 Å². The van der Waals surface area contributed by atoms with Crippen molar-refractivity contribution in [1.29, 1.82) is 0 Å². The predicted octanol–water partition coefficient (Wildman–Crippen LogP) is 2.21. The zero-order valence-corrected chi connectivity index (χ0v) is 17.8. The van der Waals surface area contributed by atoms with Gasteiger partial charge in [0.1, 0.15) is 5.69 Å². The van der Waals surface area contributed by atoms with E-state index < -0.39 is 18.2 Å². The standard InChI is InChI=1S/C24H23N5O4/c30-19-3-1-2-11-28(19)22-21-20-17(10-12-27(24(32)33)18(20)13-25-23(22)31)29(26-21)16-8-6-15(7-9-16)14-4-5-14/h1-3,6-9,11,14,18,22H,4-5,10,12-13H2,(H,25,31)(H,32,33). The van der Waals surface area contributed by atoms with Gasteiger partial charge in [0, 0.05) is 37.3 Å². The Morgan fingerprint density at radius 1 is 1.09 bits per heavy atom. The largest absolute Gasteiger partial charge is 0.465 e. The second kappa shape index (κ2) is 7.33. The van der Waals surface area contributed by atoms with E-state index in [0.717, 1.165) is 11.4 Å². The molecule has 3 aromatic rings. The second-order valence-corrected chi connectivity index (χ2v) is 8.86. The van der Waals surface area contributed by atoms with Crippen LogP contribution in [-0.2, 0) is 11.2 Å². The van der Waals surface area contributed by atoms with Gasteiger partial charge >= 0.3 is 6.09 Å². The van der Waals surface area contributed by atoms with Gasteiger partial charge in [-0.15, -0.1) is 0 Å². The molecule has 2 amide bonds. The molecule has 0 spiro atoms. The van der Waals surface area contributed by atoms with Crippen LogP contribution in [0, 0.1) is 0 Å². The molecule has 0 radical (unpaired) electrons. The van der Waals surface area contributed by atoms with Crippen molar-refractivity contribution >= 4 is 12.0 Å². The van der Waals surface area contributed by atoms with E-state index in [0.29, 0.717) is 30.1 Å². The lowest BCUT2D eigenvalue weighted by molar-refractivity contribution is -0.123. The number of nitrogens with zero attached hydrogens (tertiary/aromatic N) is 4. The minimum atomic E-state index is -1.04. The van der Waals surface area contributed by atoms with Gasteiger partial charge in [-0.25, -0.2) is 9.48 Å². The average molecular weight is 445 g/mol. The highest BCUT2D eigenvalue weighted by Crippen LogP contribution is 2.41. The smallest absolute Gasteiger partial charge is 0.407 e. The summed E-state index contributed by atoms with van der Waals surface area (Å²) >= 11 is 0. The Bertz CT molecular complexity index is 1320. The number of hydrogen-bond acceptors (Lipinski definition) is 4. The monoisotopic (exact) mass is 445 g/mol. The Morgan fingerprint density at radius 3 is 2.58 bits per heavy atom. The number of pyridine rings is 1. The summed E-state index contributed by atoms with van der Waals surface area (Å²) in [5.41, 5.74) is 3.88. The van der Waals surface area contributed by atoms with E-state index in [4.69, 9.17) is 5.10 Å². The zero-order chi connectivity index (χ0) is 22.7. The minimum Gasteiger partial charge on any atom is -0.465 e. The van der Waals surface area contributed by atoms with Gasteiger partial charge in [0.05, 0.1) is 17.4 Å². The normalized spacial score (nSPS) is 21.8. The van der Waals surface area contributed by atoms with E-state index >= 15 is 0 Å². The van der Waals surface area contributed by atoms with Crippen LogP contribution in [-0.4, -0.2) is 49.4 Å². The van der Waals surface area contributed by atoms with Crippen molar-refractivity contribution in [2.24, 2.45) is 0 Å². The molecule has 9 nitrogen and oxygen atoms in total. The van der Waals surface area contributed by atoms with E-state index in [-0.39, 0.29) is 18.0 Å². The number of hydrogen-bond donors (Lipinski definition) is 2. The first-order valence-corrected chi connectivity index (χ1v) is 11.2. The maximum Gasteiger partial charge on any atom is 0.407 e. The van der Waals surface area contributed by atoms with Gasteiger partial charge < -0.3 is 10.4 Å². The van der Waals surface area contributed by atoms with E-state index in [2.05, 4.69) is 17.4 Å². The molecule has 2 aliphatic heterocycles. The molecule has 33 heavy (non-hydrogen) atoms. The summed E-state index contributed by atoms with van der Waals surface area (Å²) in [6, 6.07) is 11.5. The molecule has 1 saturated carbocycles. The summed E-state index contributed by atoms with van der Waals surface area (Å²) in [6.07, 6.45) is 3.44. The topological polar surface area (TPSA) is 109 Å². The van der Waals surface area contributed by atoms with Crippen LogP contribution in [0.1, 0.15) is 53.4 Å². The molecule has 2 aromatic heterocycles. The van der Waals surface area contributed by atoms with Crippen molar-refractivity contribution in [3.05, 3.63) is 81.5 Å². The lowest BCUT2D eigenvalue weighted by Gasteiger charge is -2.33. The molecule has 168 valence electrons. The van der Waals surface area contributed by atoms with Crippen LogP contribution < -0.4 is 10.9 Å². The third-order valence-electron chi connectivity index (χ3n) is 6.89. The van der Waals surface area contributed by atoms with Gasteiger partial charge in [-0.05, 0) is 42.5 Å². The molecule has 2 N–H and O–H groups in total. The number of carboxylic acid groups (broad SMARTS) is 1. The summed E-state index contributed by atoms with van der Waals surface area (Å²) in [5.74, 6) is 0.262. The maximum absolute atomic E-state index is 13.2. The van der Waals surface area contributed by atoms with Gasteiger partial charge in [-0.2, -0.15) is 5.10 Å².